The first-order valence-electron chi connectivity index (χ1n) is 13.8. The SMILES string of the molecule is COc1ccc(N2C(=O)C3Sc4[nH]c(=O)sc4[C@H](c4ccc(OCC(=O)Nc5cccc6ccccc56)cc4)C3C2=O)cc1. The summed E-state index contributed by atoms with van der Waals surface area (Å²) in [5.74, 6) is -1.07. The van der Waals surface area contributed by atoms with Crippen LogP contribution in [-0.4, -0.2) is 41.7 Å². The van der Waals surface area contributed by atoms with E-state index in [-0.39, 0.29) is 29.2 Å². The van der Waals surface area contributed by atoms with Crippen molar-refractivity contribution < 1.29 is 23.9 Å². The minimum absolute atomic E-state index is 0.194. The fraction of sp³-hybridized carbons (Fsp3) is 0.152. The third-order valence-electron chi connectivity index (χ3n) is 7.83. The van der Waals surface area contributed by atoms with E-state index in [1.165, 1.54) is 16.7 Å². The van der Waals surface area contributed by atoms with Gasteiger partial charge in [-0.1, -0.05) is 71.6 Å². The molecule has 4 aromatic carbocycles. The van der Waals surface area contributed by atoms with E-state index in [1.54, 1.807) is 43.5 Å². The average Bonchev–Trinajstić information content (AvgIpc) is 3.54. The zero-order valence-corrected chi connectivity index (χ0v) is 24.9. The second kappa shape index (κ2) is 11.3. The number of ether oxygens (including phenoxy) is 2. The van der Waals surface area contributed by atoms with Crippen LogP contribution in [0.4, 0.5) is 11.4 Å². The highest BCUT2D eigenvalue weighted by Gasteiger charge is 2.56. The number of anilines is 2. The van der Waals surface area contributed by atoms with Crippen LogP contribution >= 0.6 is 23.1 Å². The number of hydrogen-bond acceptors (Lipinski definition) is 8. The number of methoxy groups -OCH3 is 1. The second-order valence-electron chi connectivity index (χ2n) is 10.4. The van der Waals surface area contributed by atoms with Crippen LogP contribution in [0.1, 0.15) is 16.4 Å². The highest BCUT2D eigenvalue weighted by Crippen LogP contribution is 2.53. The standard InChI is InChI=1S/C33H25N3O6S2/c1-41-21-15-11-20(12-16-21)36-31(38)27-26(28-30(35-33(40)44-28)43-29(27)32(36)39)19-9-13-22(14-10-19)42-17-25(37)34-24-8-4-6-18-5-2-3-7-23(18)24/h2-16,26-27,29H,17H2,1H3,(H,34,37)(H,35,40)/t26-,27?,29?/m1/s1. The number of nitrogens with one attached hydrogen (secondary N) is 2. The smallest absolute Gasteiger partial charge is 0.305 e. The Bertz CT molecular complexity index is 1960. The molecule has 44 heavy (non-hydrogen) atoms. The number of aromatic nitrogens is 1. The molecule has 11 heteroatoms. The number of rotatable bonds is 7. The predicted octanol–water partition coefficient (Wildman–Crippen LogP) is 5.41. The van der Waals surface area contributed by atoms with E-state index >= 15 is 0 Å². The number of carbonyl (C=O) groups excluding carboxylic acids is 3. The van der Waals surface area contributed by atoms with Crippen LogP contribution in [0.2, 0.25) is 0 Å². The number of nitrogens with zero attached hydrogens (tertiary/aromatic N) is 1. The van der Waals surface area contributed by atoms with Gasteiger partial charge in [0.1, 0.15) is 16.7 Å². The lowest BCUT2D eigenvalue weighted by Crippen LogP contribution is -2.32. The minimum atomic E-state index is -0.702. The van der Waals surface area contributed by atoms with Gasteiger partial charge in [0, 0.05) is 21.9 Å². The first kappa shape index (κ1) is 27.9. The van der Waals surface area contributed by atoms with Crippen LogP contribution < -0.4 is 24.6 Å². The Balaban J connectivity index is 1.11. The number of benzene rings is 4. The van der Waals surface area contributed by atoms with Gasteiger partial charge in [-0.2, -0.15) is 0 Å². The molecule has 5 aromatic rings. The molecule has 7 rings (SSSR count). The highest BCUT2D eigenvalue weighted by atomic mass is 32.2. The molecule has 1 aromatic heterocycles. The number of H-pyrrole nitrogens is 1. The fourth-order valence-corrected chi connectivity index (χ4v) is 8.32. The Kier molecular flexibility index (Phi) is 7.19. The van der Waals surface area contributed by atoms with Crippen molar-refractivity contribution in [1.82, 2.24) is 4.98 Å². The first-order chi connectivity index (χ1) is 21.4. The summed E-state index contributed by atoms with van der Waals surface area (Å²) in [6.45, 7) is -0.194. The maximum Gasteiger partial charge on any atom is 0.305 e. The molecule has 1 fully saturated rings. The zero-order valence-electron chi connectivity index (χ0n) is 23.3. The van der Waals surface area contributed by atoms with Crippen LogP contribution in [0.15, 0.2) is 101 Å². The van der Waals surface area contributed by atoms with Gasteiger partial charge in [-0.25, -0.2) is 4.90 Å². The Labute approximate surface area is 259 Å². The summed E-state index contributed by atoms with van der Waals surface area (Å²) in [4.78, 5) is 57.1. The summed E-state index contributed by atoms with van der Waals surface area (Å²) in [5.41, 5.74) is 1.94. The number of carbonyl (C=O) groups is 3. The van der Waals surface area contributed by atoms with Gasteiger partial charge in [0.05, 0.1) is 23.7 Å². The lowest BCUT2D eigenvalue weighted by atomic mass is 9.83. The number of imide groups is 1. The Morgan fingerprint density at radius 3 is 2.39 bits per heavy atom. The molecule has 0 bridgehead atoms. The monoisotopic (exact) mass is 623 g/mol. The molecule has 2 unspecified atom stereocenters. The maximum absolute atomic E-state index is 13.9. The van der Waals surface area contributed by atoms with E-state index in [4.69, 9.17) is 9.47 Å². The summed E-state index contributed by atoms with van der Waals surface area (Å²) in [6.07, 6.45) is 0. The van der Waals surface area contributed by atoms with Gasteiger partial charge < -0.3 is 19.8 Å². The molecule has 0 spiro atoms. The maximum atomic E-state index is 13.9. The third kappa shape index (κ3) is 4.93. The number of fused-ring (bicyclic) bond motifs is 3. The summed E-state index contributed by atoms with van der Waals surface area (Å²) in [7, 11) is 1.55. The molecule has 0 radical (unpaired) electrons. The Hall–Kier alpha value is -4.87. The van der Waals surface area contributed by atoms with Crippen LogP contribution in [0.25, 0.3) is 10.8 Å². The lowest BCUT2D eigenvalue weighted by molar-refractivity contribution is -0.122. The van der Waals surface area contributed by atoms with Crippen LogP contribution in [-0.2, 0) is 14.4 Å². The van der Waals surface area contributed by atoms with Gasteiger partial charge >= 0.3 is 4.87 Å². The van der Waals surface area contributed by atoms with Gasteiger partial charge in [0.25, 0.3) is 5.91 Å². The molecule has 1 saturated heterocycles. The lowest BCUT2D eigenvalue weighted by Gasteiger charge is -2.29. The molecule has 2 aliphatic heterocycles. The van der Waals surface area contributed by atoms with E-state index in [2.05, 4.69) is 10.3 Å². The largest absolute Gasteiger partial charge is 0.497 e. The molecule has 0 aliphatic carbocycles. The predicted molar refractivity (Wildman–Crippen MR) is 170 cm³/mol. The second-order valence-corrected chi connectivity index (χ2v) is 12.6. The molecule has 3 amide bonds. The zero-order chi connectivity index (χ0) is 30.4. The number of aromatic amines is 1. The van der Waals surface area contributed by atoms with Gasteiger partial charge in [-0.05, 0) is 53.4 Å². The van der Waals surface area contributed by atoms with Gasteiger partial charge in [0.2, 0.25) is 11.8 Å². The van der Waals surface area contributed by atoms with Gasteiger partial charge in [-0.3, -0.25) is 19.2 Å². The van der Waals surface area contributed by atoms with E-state index in [1.807, 2.05) is 54.6 Å². The number of amides is 3. The average molecular weight is 624 g/mol. The first-order valence-corrected chi connectivity index (χ1v) is 15.5. The van der Waals surface area contributed by atoms with Crippen LogP contribution in [0, 0.1) is 5.92 Å². The van der Waals surface area contributed by atoms with E-state index in [9.17, 15) is 19.2 Å². The quantitative estimate of drug-likeness (QED) is 0.233. The van der Waals surface area contributed by atoms with Crippen molar-refractivity contribution in [3.8, 4) is 11.5 Å². The number of thioether (sulfide) groups is 1. The van der Waals surface area contributed by atoms with E-state index in [0.717, 1.165) is 32.5 Å². The van der Waals surface area contributed by atoms with E-state index in [0.29, 0.717) is 27.9 Å². The van der Waals surface area contributed by atoms with Crippen molar-refractivity contribution in [2.45, 2.75) is 16.2 Å². The Morgan fingerprint density at radius 2 is 1.61 bits per heavy atom. The highest BCUT2D eigenvalue weighted by molar-refractivity contribution is 8.00. The van der Waals surface area contributed by atoms with Crippen molar-refractivity contribution in [3.05, 3.63) is 111 Å². The summed E-state index contributed by atoms with van der Waals surface area (Å²) < 4.78 is 11.0. The molecule has 220 valence electrons. The van der Waals surface area contributed by atoms with Crippen molar-refractivity contribution in [2.24, 2.45) is 5.92 Å². The number of hydrogen-bond donors (Lipinski definition) is 2. The normalized spacial score (nSPS) is 19.0. The molecular weight excluding hydrogens is 599 g/mol. The third-order valence-corrected chi connectivity index (χ3v) is 10.2. The summed E-state index contributed by atoms with van der Waals surface area (Å²) in [5, 5.41) is 4.79. The topological polar surface area (TPSA) is 118 Å². The molecule has 2 N–H and O–H groups in total. The van der Waals surface area contributed by atoms with Crippen molar-refractivity contribution in [2.75, 3.05) is 23.9 Å². The number of thiazole rings is 1. The van der Waals surface area contributed by atoms with Crippen LogP contribution in [0.5, 0.6) is 11.5 Å². The minimum Gasteiger partial charge on any atom is -0.497 e. The molecule has 3 atom stereocenters. The van der Waals surface area contributed by atoms with Gasteiger partial charge in [-0.15, -0.1) is 0 Å². The van der Waals surface area contributed by atoms with E-state index < -0.39 is 17.1 Å². The molecule has 3 heterocycles. The Morgan fingerprint density at radius 1 is 0.886 bits per heavy atom. The van der Waals surface area contributed by atoms with Crippen molar-refractivity contribution in [1.29, 1.82) is 0 Å². The van der Waals surface area contributed by atoms with Gasteiger partial charge in [0.15, 0.2) is 6.61 Å². The van der Waals surface area contributed by atoms with Crippen molar-refractivity contribution >= 4 is 63.0 Å². The molecule has 9 nitrogen and oxygen atoms in total. The molecular formula is C33H25N3O6S2. The fourth-order valence-electron chi connectivity index (χ4n) is 5.80. The molecule has 0 saturated carbocycles. The summed E-state index contributed by atoms with van der Waals surface area (Å²) >= 11 is 2.28. The van der Waals surface area contributed by atoms with Crippen molar-refractivity contribution in [3.63, 3.8) is 0 Å². The molecule has 2 aliphatic rings. The summed E-state index contributed by atoms with van der Waals surface area (Å²) in [6, 6.07) is 27.4. The van der Waals surface area contributed by atoms with Crippen LogP contribution in [0.3, 0.4) is 0 Å².